The van der Waals surface area contributed by atoms with Crippen molar-refractivity contribution in [2.75, 3.05) is 19.4 Å². The average Bonchev–Trinajstić information content (AvgIpc) is 3.31. The van der Waals surface area contributed by atoms with Gasteiger partial charge in [0.25, 0.3) is 5.91 Å². The van der Waals surface area contributed by atoms with Gasteiger partial charge in [-0.05, 0) is 48.5 Å². The van der Waals surface area contributed by atoms with Crippen LogP contribution in [0.2, 0.25) is 5.02 Å². The lowest BCUT2D eigenvalue weighted by Gasteiger charge is -2.13. The number of nitrogens with zero attached hydrogens (tertiary/aromatic N) is 3. The lowest BCUT2D eigenvalue weighted by atomic mass is 10.2. The quantitative estimate of drug-likeness (QED) is 0.623. The molecule has 30 heavy (non-hydrogen) atoms. The van der Waals surface area contributed by atoms with Gasteiger partial charge >= 0.3 is 0 Å². The molecule has 3 aromatic rings. The van der Waals surface area contributed by atoms with E-state index in [1.54, 1.807) is 28.6 Å². The number of nitrogens with one attached hydrogen (secondary N) is 1. The van der Waals surface area contributed by atoms with Gasteiger partial charge in [-0.3, -0.25) is 4.79 Å². The predicted molar refractivity (Wildman–Crippen MR) is 119 cm³/mol. The fourth-order valence-electron chi connectivity index (χ4n) is 3.08. The molecule has 10 heteroatoms. The highest BCUT2D eigenvalue weighted by molar-refractivity contribution is 7.98. The fourth-order valence-corrected chi connectivity index (χ4v) is 5.14. The van der Waals surface area contributed by atoms with Gasteiger partial charge in [0, 0.05) is 41.8 Å². The summed E-state index contributed by atoms with van der Waals surface area (Å²) in [6.45, 7) is 0. The molecular weight excluding hydrogens is 444 g/mol. The molecule has 0 unspecified atom stereocenters. The van der Waals surface area contributed by atoms with Crippen LogP contribution in [0.3, 0.4) is 0 Å². The maximum atomic E-state index is 12.9. The predicted octanol–water partition coefficient (Wildman–Crippen LogP) is 3.78. The number of halogens is 1. The first-order chi connectivity index (χ1) is 14.3. The van der Waals surface area contributed by atoms with Gasteiger partial charge in [-0.1, -0.05) is 11.6 Å². The van der Waals surface area contributed by atoms with E-state index in [-0.39, 0.29) is 10.8 Å². The van der Waals surface area contributed by atoms with Gasteiger partial charge in [0.2, 0.25) is 10.0 Å². The SMILES string of the molecule is CN(C)S(=O)(=O)c1ccc(C(=O)Nc2c3c(nn2-c2ccc(Cl)cc2)CSC3)cc1. The van der Waals surface area contributed by atoms with Crippen LogP contribution in [-0.2, 0) is 21.5 Å². The number of sulfonamides is 1. The standard InChI is InChI=1S/C20H19ClN4O3S2/c1-24(2)30(27,28)16-9-3-13(4-10-16)20(26)22-19-17-11-29-12-18(17)23-25(19)15-7-5-14(21)6-8-15/h3-10H,11-12H2,1-2H3,(H,22,26). The normalized spacial score (nSPS) is 13.5. The molecule has 0 aliphatic carbocycles. The second-order valence-corrected chi connectivity index (χ2v) is 10.5. The number of anilines is 1. The topological polar surface area (TPSA) is 84.3 Å². The molecule has 0 saturated heterocycles. The monoisotopic (exact) mass is 462 g/mol. The Labute approximate surface area is 184 Å². The Balaban J connectivity index is 1.65. The molecule has 7 nitrogen and oxygen atoms in total. The highest BCUT2D eigenvalue weighted by Crippen LogP contribution is 2.36. The summed E-state index contributed by atoms with van der Waals surface area (Å²) in [5.41, 5.74) is 3.09. The van der Waals surface area contributed by atoms with Crippen LogP contribution in [0.5, 0.6) is 0 Å². The van der Waals surface area contributed by atoms with E-state index in [1.807, 2.05) is 12.1 Å². The van der Waals surface area contributed by atoms with E-state index in [0.717, 1.165) is 32.8 Å². The van der Waals surface area contributed by atoms with Crippen molar-refractivity contribution in [2.45, 2.75) is 16.4 Å². The summed E-state index contributed by atoms with van der Waals surface area (Å²) in [5.74, 6) is 1.83. The number of rotatable bonds is 5. The van der Waals surface area contributed by atoms with Crippen molar-refractivity contribution in [2.24, 2.45) is 0 Å². The third-order valence-corrected chi connectivity index (χ3v) is 7.80. The van der Waals surface area contributed by atoms with Gasteiger partial charge in [0.1, 0.15) is 5.82 Å². The summed E-state index contributed by atoms with van der Waals surface area (Å²) < 4.78 is 27.3. The minimum absolute atomic E-state index is 0.132. The third-order valence-electron chi connectivity index (χ3n) is 4.75. The minimum Gasteiger partial charge on any atom is -0.306 e. The number of hydrogen-bond acceptors (Lipinski definition) is 5. The largest absolute Gasteiger partial charge is 0.306 e. The maximum absolute atomic E-state index is 12.9. The molecule has 1 aromatic heterocycles. The molecule has 0 saturated carbocycles. The Morgan fingerprint density at radius 1 is 1.10 bits per heavy atom. The van der Waals surface area contributed by atoms with Crippen molar-refractivity contribution in [3.05, 3.63) is 70.4 Å². The van der Waals surface area contributed by atoms with Crippen LogP contribution < -0.4 is 5.32 Å². The van der Waals surface area contributed by atoms with Crippen LogP contribution in [0.15, 0.2) is 53.4 Å². The molecule has 0 spiro atoms. The molecule has 0 bridgehead atoms. The lowest BCUT2D eigenvalue weighted by Crippen LogP contribution is -2.22. The van der Waals surface area contributed by atoms with Gasteiger partial charge in [0.15, 0.2) is 0 Å². The summed E-state index contributed by atoms with van der Waals surface area (Å²) >= 11 is 7.73. The Morgan fingerprint density at radius 2 is 1.77 bits per heavy atom. The van der Waals surface area contributed by atoms with Crippen LogP contribution in [0.1, 0.15) is 21.6 Å². The van der Waals surface area contributed by atoms with Gasteiger partial charge in [-0.2, -0.15) is 16.9 Å². The van der Waals surface area contributed by atoms with Gasteiger partial charge in [0.05, 0.1) is 16.3 Å². The molecule has 2 aromatic carbocycles. The van der Waals surface area contributed by atoms with Gasteiger partial charge in [-0.25, -0.2) is 17.4 Å². The second kappa shape index (κ2) is 8.07. The van der Waals surface area contributed by atoms with Crippen molar-refractivity contribution in [1.82, 2.24) is 14.1 Å². The smallest absolute Gasteiger partial charge is 0.256 e. The highest BCUT2D eigenvalue weighted by atomic mass is 35.5. The first kappa shape index (κ1) is 20.9. The van der Waals surface area contributed by atoms with E-state index < -0.39 is 10.0 Å². The molecule has 2 heterocycles. The number of thioether (sulfide) groups is 1. The van der Waals surface area contributed by atoms with Gasteiger partial charge in [-0.15, -0.1) is 0 Å². The first-order valence-corrected chi connectivity index (χ1v) is 12.0. The zero-order valence-corrected chi connectivity index (χ0v) is 18.7. The van der Waals surface area contributed by atoms with Crippen molar-refractivity contribution >= 4 is 45.1 Å². The van der Waals surface area contributed by atoms with Crippen molar-refractivity contribution in [3.63, 3.8) is 0 Å². The Kier molecular flexibility index (Phi) is 5.63. The van der Waals surface area contributed by atoms with E-state index in [2.05, 4.69) is 10.4 Å². The number of amides is 1. The van der Waals surface area contributed by atoms with E-state index in [0.29, 0.717) is 16.4 Å². The second-order valence-electron chi connectivity index (χ2n) is 6.92. The molecule has 1 N–H and O–H groups in total. The van der Waals surface area contributed by atoms with Crippen molar-refractivity contribution in [1.29, 1.82) is 0 Å². The summed E-state index contributed by atoms with van der Waals surface area (Å²) in [6, 6.07) is 13.1. The zero-order valence-electron chi connectivity index (χ0n) is 16.3. The molecular formula is C20H19ClN4O3S2. The van der Waals surface area contributed by atoms with E-state index in [1.165, 1.54) is 38.4 Å². The molecule has 0 radical (unpaired) electrons. The third kappa shape index (κ3) is 3.85. The van der Waals surface area contributed by atoms with Crippen LogP contribution in [0.4, 0.5) is 5.82 Å². The highest BCUT2D eigenvalue weighted by Gasteiger charge is 2.25. The Morgan fingerprint density at radius 3 is 2.40 bits per heavy atom. The molecule has 1 aliphatic rings. The summed E-state index contributed by atoms with van der Waals surface area (Å²) in [7, 11) is -0.620. The molecule has 0 atom stereocenters. The molecule has 156 valence electrons. The van der Waals surface area contributed by atoms with Crippen LogP contribution >= 0.6 is 23.4 Å². The van der Waals surface area contributed by atoms with Crippen LogP contribution in [-0.4, -0.2) is 42.5 Å². The van der Waals surface area contributed by atoms with Crippen molar-refractivity contribution < 1.29 is 13.2 Å². The van der Waals surface area contributed by atoms with Gasteiger partial charge < -0.3 is 5.32 Å². The fraction of sp³-hybridized carbons (Fsp3) is 0.200. The van der Waals surface area contributed by atoms with E-state index >= 15 is 0 Å². The molecule has 1 amide bonds. The zero-order chi connectivity index (χ0) is 21.5. The Hall–Kier alpha value is -2.33. The van der Waals surface area contributed by atoms with E-state index in [4.69, 9.17) is 11.6 Å². The number of carbonyl (C=O) groups excluding carboxylic acids is 1. The van der Waals surface area contributed by atoms with Crippen LogP contribution in [0, 0.1) is 0 Å². The number of fused-ring (bicyclic) bond motifs is 1. The number of benzene rings is 2. The maximum Gasteiger partial charge on any atom is 0.256 e. The lowest BCUT2D eigenvalue weighted by molar-refractivity contribution is 0.102. The Bertz CT molecular complexity index is 1200. The average molecular weight is 463 g/mol. The van der Waals surface area contributed by atoms with Crippen molar-refractivity contribution in [3.8, 4) is 5.69 Å². The number of carbonyl (C=O) groups is 1. The molecule has 1 aliphatic heterocycles. The molecule has 4 rings (SSSR count). The number of hydrogen-bond donors (Lipinski definition) is 1. The number of aromatic nitrogens is 2. The summed E-state index contributed by atoms with van der Waals surface area (Å²) in [4.78, 5) is 13.0. The molecule has 0 fully saturated rings. The van der Waals surface area contributed by atoms with E-state index in [9.17, 15) is 13.2 Å². The summed E-state index contributed by atoms with van der Waals surface area (Å²) in [6.07, 6.45) is 0. The first-order valence-electron chi connectivity index (χ1n) is 9.06. The summed E-state index contributed by atoms with van der Waals surface area (Å²) in [5, 5.41) is 8.23. The minimum atomic E-state index is -3.55. The van der Waals surface area contributed by atoms with Crippen LogP contribution in [0.25, 0.3) is 5.69 Å².